The van der Waals surface area contributed by atoms with Crippen LogP contribution in [-0.4, -0.2) is 25.9 Å². The highest BCUT2D eigenvalue weighted by molar-refractivity contribution is 7.88. The molecule has 0 atom stereocenters. The summed E-state index contributed by atoms with van der Waals surface area (Å²) in [6.45, 7) is 0.646. The van der Waals surface area contributed by atoms with E-state index in [1.54, 1.807) is 36.7 Å². The lowest BCUT2D eigenvalue weighted by Crippen LogP contribution is -2.28. The number of aromatic nitrogens is 1. The van der Waals surface area contributed by atoms with E-state index < -0.39 is 10.0 Å². The third-order valence-corrected chi connectivity index (χ3v) is 4.98. The molecule has 0 saturated carbocycles. The van der Waals surface area contributed by atoms with Gasteiger partial charge in [0.25, 0.3) is 0 Å². The Kier molecular flexibility index (Phi) is 7.36. The lowest BCUT2D eigenvalue weighted by molar-refractivity contribution is -0.121. The van der Waals surface area contributed by atoms with Crippen LogP contribution in [0.2, 0.25) is 5.02 Å². The van der Waals surface area contributed by atoms with Gasteiger partial charge in [0.2, 0.25) is 15.9 Å². The Labute approximate surface area is 152 Å². The van der Waals surface area contributed by atoms with Crippen molar-refractivity contribution < 1.29 is 13.2 Å². The lowest BCUT2D eigenvalue weighted by Gasteiger charge is -2.08. The zero-order valence-electron chi connectivity index (χ0n) is 13.6. The van der Waals surface area contributed by atoms with Gasteiger partial charge in [0.1, 0.15) is 0 Å². The van der Waals surface area contributed by atoms with Gasteiger partial charge in [0.15, 0.2) is 0 Å². The smallest absolute Gasteiger partial charge is 0.220 e. The van der Waals surface area contributed by atoms with Crippen molar-refractivity contribution in [3.05, 3.63) is 64.9 Å². The maximum atomic E-state index is 12.0. The SMILES string of the molecule is O=C(CCCNS(=O)(=O)Cc1cccc(Cl)c1)NCc1ccncc1. The zero-order valence-corrected chi connectivity index (χ0v) is 15.2. The minimum Gasteiger partial charge on any atom is -0.352 e. The predicted octanol–water partition coefficient (Wildman–Crippen LogP) is 2.25. The topological polar surface area (TPSA) is 88.2 Å². The van der Waals surface area contributed by atoms with E-state index in [2.05, 4.69) is 15.0 Å². The standard InChI is InChI=1S/C17H20ClN3O3S/c18-16-4-1-3-15(11-16)13-25(23,24)21-8-2-5-17(22)20-12-14-6-9-19-10-7-14/h1,3-4,6-7,9-11,21H,2,5,8,12-13H2,(H,20,22). The number of nitrogens with one attached hydrogen (secondary N) is 2. The van der Waals surface area contributed by atoms with E-state index in [1.807, 2.05) is 12.1 Å². The molecule has 6 nitrogen and oxygen atoms in total. The molecular weight excluding hydrogens is 362 g/mol. The van der Waals surface area contributed by atoms with Gasteiger partial charge in [-0.05, 0) is 41.8 Å². The number of pyridine rings is 1. The fraction of sp³-hybridized carbons (Fsp3) is 0.294. The molecule has 0 radical (unpaired) electrons. The number of rotatable bonds is 9. The van der Waals surface area contributed by atoms with Gasteiger partial charge in [-0.1, -0.05) is 23.7 Å². The number of benzene rings is 1. The molecule has 134 valence electrons. The van der Waals surface area contributed by atoms with Crippen LogP contribution in [0.15, 0.2) is 48.8 Å². The first kappa shape index (κ1) is 19.4. The van der Waals surface area contributed by atoms with Crippen LogP contribution >= 0.6 is 11.6 Å². The molecule has 0 bridgehead atoms. The second-order valence-electron chi connectivity index (χ2n) is 5.52. The summed E-state index contributed by atoms with van der Waals surface area (Å²) in [4.78, 5) is 15.7. The van der Waals surface area contributed by atoms with Gasteiger partial charge < -0.3 is 5.32 Å². The van der Waals surface area contributed by atoms with E-state index in [4.69, 9.17) is 11.6 Å². The fourth-order valence-corrected chi connectivity index (χ4v) is 3.55. The number of hydrogen-bond donors (Lipinski definition) is 2. The largest absolute Gasteiger partial charge is 0.352 e. The maximum absolute atomic E-state index is 12.0. The van der Waals surface area contributed by atoms with Crippen molar-refractivity contribution in [1.82, 2.24) is 15.0 Å². The molecule has 0 aliphatic rings. The number of halogens is 1. The average molecular weight is 382 g/mol. The maximum Gasteiger partial charge on any atom is 0.220 e. The Morgan fingerprint density at radius 3 is 2.60 bits per heavy atom. The minimum atomic E-state index is -3.45. The highest BCUT2D eigenvalue weighted by Gasteiger charge is 2.11. The van der Waals surface area contributed by atoms with Crippen LogP contribution < -0.4 is 10.0 Å². The summed E-state index contributed by atoms with van der Waals surface area (Å²) in [5.74, 6) is -0.257. The van der Waals surface area contributed by atoms with Crippen LogP contribution in [0.1, 0.15) is 24.0 Å². The van der Waals surface area contributed by atoms with Crippen molar-refractivity contribution >= 4 is 27.5 Å². The summed E-state index contributed by atoms with van der Waals surface area (Å²) in [5, 5.41) is 3.28. The molecule has 25 heavy (non-hydrogen) atoms. The summed E-state index contributed by atoms with van der Waals surface area (Å²) in [6, 6.07) is 10.4. The van der Waals surface area contributed by atoms with Crippen LogP contribution in [-0.2, 0) is 27.1 Å². The molecule has 1 aromatic heterocycles. The van der Waals surface area contributed by atoms with Crippen LogP contribution in [0.25, 0.3) is 0 Å². The van der Waals surface area contributed by atoms with E-state index >= 15 is 0 Å². The van der Waals surface area contributed by atoms with Crippen LogP contribution in [0.3, 0.4) is 0 Å². The molecule has 1 heterocycles. The van der Waals surface area contributed by atoms with Crippen molar-refractivity contribution in [2.24, 2.45) is 0 Å². The Balaban J connectivity index is 1.66. The van der Waals surface area contributed by atoms with E-state index in [0.29, 0.717) is 23.6 Å². The zero-order chi connectivity index (χ0) is 18.1. The van der Waals surface area contributed by atoms with E-state index in [1.165, 1.54) is 0 Å². The van der Waals surface area contributed by atoms with Gasteiger partial charge in [-0.25, -0.2) is 13.1 Å². The monoisotopic (exact) mass is 381 g/mol. The molecule has 0 unspecified atom stereocenters. The molecule has 0 saturated heterocycles. The first-order valence-corrected chi connectivity index (χ1v) is 9.85. The first-order chi connectivity index (χ1) is 11.9. The second kappa shape index (κ2) is 9.50. The van der Waals surface area contributed by atoms with E-state index in [0.717, 1.165) is 5.56 Å². The Morgan fingerprint density at radius 1 is 1.12 bits per heavy atom. The summed E-state index contributed by atoms with van der Waals surface area (Å²) < 4.78 is 26.5. The van der Waals surface area contributed by atoms with Crippen LogP contribution in [0, 0.1) is 0 Å². The summed E-state index contributed by atoms with van der Waals surface area (Å²) in [5.41, 5.74) is 1.58. The number of sulfonamides is 1. The molecule has 1 aromatic carbocycles. The molecular formula is C17H20ClN3O3S. The lowest BCUT2D eigenvalue weighted by atomic mass is 10.2. The third kappa shape index (κ3) is 7.64. The molecule has 0 spiro atoms. The molecule has 0 fully saturated rings. The fourth-order valence-electron chi connectivity index (χ4n) is 2.16. The van der Waals surface area contributed by atoms with Gasteiger partial charge in [-0.2, -0.15) is 0 Å². The van der Waals surface area contributed by atoms with Gasteiger partial charge in [-0.15, -0.1) is 0 Å². The number of nitrogens with zero attached hydrogens (tertiary/aromatic N) is 1. The molecule has 2 aromatic rings. The van der Waals surface area contributed by atoms with Gasteiger partial charge >= 0.3 is 0 Å². The quantitative estimate of drug-likeness (QED) is 0.652. The molecule has 0 aliphatic carbocycles. The minimum absolute atomic E-state index is 0.120. The summed E-state index contributed by atoms with van der Waals surface area (Å²) in [7, 11) is -3.45. The third-order valence-electron chi connectivity index (χ3n) is 3.39. The predicted molar refractivity (Wildman–Crippen MR) is 97.4 cm³/mol. The number of carbonyl (C=O) groups is 1. The van der Waals surface area contributed by atoms with Crippen LogP contribution in [0.5, 0.6) is 0 Å². The summed E-state index contributed by atoms with van der Waals surface area (Å²) in [6.07, 6.45) is 4.01. The summed E-state index contributed by atoms with van der Waals surface area (Å²) >= 11 is 5.85. The average Bonchev–Trinajstić information content (AvgIpc) is 2.57. The van der Waals surface area contributed by atoms with Crippen molar-refractivity contribution in [1.29, 1.82) is 0 Å². The molecule has 1 amide bonds. The van der Waals surface area contributed by atoms with Crippen LogP contribution in [0.4, 0.5) is 0 Å². The number of carbonyl (C=O) groups excluding carboxylic acids is 1. The van der Waals surface area contributed by atoms with Gasteiger partial charge in [0.05, 0.1) is 5.75 Å². The molecule has 2 rings (SSSR count). The van der Waals surface area contributed by atoms with Gasteiger partial charge in [-0.3, -0.25) is 9.78 Å². The van der Waals surface area contributed by atoms with Crippen molar-refractivity contribution in [3.63, 3.8) is 0 Å². The van der Waals surface area contributed by atoms with E-state index in [-0.39, 0.29) is 24.6 Å². The highest BCUT2D eigenvalue weighted by atomic mass is 35.5. The first-order valence-electron chi connectivity index (χ1n) is 7.82. The highest BCUT2D eigenvalue weighted by Crippen LogP contribution is 2.12. The van der Waals surface area contributed by atoms with Crippen molar-refractivity contribution in [3.8, 4) is 0 Å². The molecule has 0 aliphatic heterocycles. The number of amides is 1. The van der Waals surface area contributed by atoms with Gasteiger partial charge in [0, 0.05) is 36.9 Å². The Morgan fingerprint density at radius 2 is 1.88 bits per heavy atom. The second-order valence-corrected chi connectivity index (χ2v) is 7.76. The van der Waals surface area contributed by atoms with E-state index in [9.17, 15) is 13.2 Å². The molecule has 8 heteroatoms. The number of hydrogen-bond acceptors (Lipinski definition) is 4. The normalized spacial score (nSPS) is 11.2. The van der Waals surface area contributed by atoms with Crippen molar-refractivity contribution in [2.75, 3.05) is 6.54 Å². The Bertz CT molecular complexity index is 798. The van der Waals surface area contributed by atoms with Crippen molar-refractivity contribution in [2.45, 2.75) is 25.1 Å². The molecule has 2 N–H and O–H groups in total. The Hall–Kier alpha value is -1.96.